The van der Waals surface area contributed by atoms with E-state index in [9.17, 15) is 13.5 Å². The molecule has 36 heavy (non-hydrogen) atoms. The maximum Gasteiger partial charge on any atom is 0.243 e. The van der Waals surface area contributed by atoms with Gasteiger partial charge >= 0.3 is 0 Å². The number of pyridine rings is 1. The molecule has 0 bridgehead atoms. The van der Waals surface area contributed by atoms with Gasteiger partial charge in [-0.25, -0.2) is 17.8 Å². The number of para-hydroxylation sites is 1. The summed E-state index contributed by atoms with van der Waals surface area (Å²) in [6, 6.07) is 15.2. The van der Waals surface area contributed by atoms with Gasteiger partial charge in [-0.2, -0.15) is 4.31 Å². The third-order valence-electron chi connectivity index (χ3n) is 6.53. The van der Waals surface area contributed by atoms with E-state index >= 15 is 4.39 Å². The molecule has 0 amide bonds. The highest BCUT2D eigenvalue weighted by Crippen LogP contribution is 2.38. The molecule has 8 nitrogen and oxygen atoms in total. The fourth-order valence-corrected chi connectivity index (χ4v) is 5.81. The first-order valence-corrected chi connectivity index (χ1v) is 13.0. The van der Waals surface area contributed by atoms with E-state index in [2.05, 4.69) is 9.97 Å². The lowest BCUT2D eigenvalue weighted by Gasteiger charge is -2.23. The SMILES string of the molecule is COc1ncccc1CN(C)S(=O)(=O)c1ccc(N2CC[C@H](O)C2)c(-c2[nH]c3ccccc3c2F)c1. The molecule has 0 spiro atoms. The molecule has 188 valence electrons. The minimum atomic E-state index is -3.94. The topological polar surface area (TPSA) is 98.8 Å². The largest absolute Gasteiger partial charge is 0.481 e. The van der Waals surface area contributed by atoms with Crippen LogP contribution >= 0.6 is 0 Å². The van der Waals surface area contributed by atoms with Gasteiger partial charge in [0.1, 0.15) is 0 Å². The zero-order chi connectivity index (χ0) is 25.4. The number of aliphatic hydroxyl groups excluding tert-OH is 1. The van der Waals surface area contributed by atoms with Crippen molar-refractivity contribution in [1.29, 1.82) is 0 Å². The van der Waals surface area contributed by atoms with Crippen molar-refractivity contribution in [3.05, 3.63) is 72.2 Å². The highest BCUT2D eigenvalue weighted by molar-refractivity contribution is 7.89. The zero-order valence-electron chi connectivity index (χ0n) is 20.0. The summed E-state index contributed by atoms with van der Waals surface area (Å²) in [4.78, 5) is 9.24. The van der Waals surface area contributed by atoms with Gasteiger partial charge in [0.05, 0.1) is 23.8 Å². The van der Waals surface area contributed by atoms with E-state index in [1.54, 1.807) is 42.6 Å². The van der Waals surface area contributed by atoms with E-state index in [1.807, 2.05) is 11.0 Å². The number of rotatable bonds is 7. The van der Waals surface area contributed by atoms with Crippen LogP contribution in [0.5, 0.6) is 5.88 Å². The Morgan fingerprint density at radius 2 is 2.03 bits per heavy atom. The van der Waals surface area contributed by atoms with Crippen LogP contribution in [0.25, 0.3) is 22.2 Å². The lowest BCUT2D eigenvalue weighted by atomic mass is 10.1. The highest BCUT2D eigenvalue weighted by Gasteiger charge is 2.28. The predicted octanol–water partition coefficient (Wildman–Crippen LogP) is 3.77. The number of halogens is 1. The molecule has 1 aliphatic rings. The third kappa shape index (κ3) is 4.32. The summed E-state index contributed by atoms with van der Waals surface area (Å²) >= 11 is 0. The normalized spacial score (nSPS) is 16.2. The lowest BCUT2D eigenvalue weighted by Crippen LogP contribution is -2.27. The standard InChI is InChI=1S/C26H27FN4O4S/c1-30(15-17-6-5-12-28-26(17)35-2)36(33,34)19-9-10-23(31-13-11-18(32)16-31)21(14-19)25-24(27)20-7-3-4-8-22(20)29-25/h3-10,12,14,18,29,32H,11,13,15-16H2,1-2H3/t18-/m0/s1. The Balaban J connectivity index is 1.59. The molecular weight excluding hydrogens is 483 g/mol. The second-order valence-corrected chi connectivity index (χ2v) is 10.9. The minimum Gasteiger partial charge on any atom is -0.481 e. The van der Waals surface area contributed by atoms with E-state index in [1.165, 1.54) is 30.6 Å². The maximum absolute atomic E-state index is 15.5. The summed E-state index contributed by atoms with van der Waals surface area (Å²) in [6.07, 6.45) is 1.67. The van der Waals surface area contributed by atoms with Gasteiger partial charge in [-0.05, 0) is 42.8 Å². The van der Waals surface area contributed by atoms with Crippen molar-refractivity contribution >= 4 is 26.6 Å². The van der Waals surface area contributed by atoms with Crippen LogP contribution in [0.15, 0.2) is 65.7 Å². The number of hydrogen-bond donors (Lipinski definition) is 2. The molecule has 2 N–H and O–H groups in total. The molecule has 1 atom stereocenters. The minimum absolute atomic E-state index is 0.0319. The number of aliphatic hydroxyl groups is 1. The molecule has 5 rings (SSSR count). The molecule has 1 aliphatic heterocycles. The number of methoxy groups -OCH3 is 1. The molecule has 0 saturated carbocycles. The summed E-state index contributed by atoms with van der Waals surface area (Å²) in [5.41, 5.74) is 2.53. The van der Waals surface area contributed by atoms with Crippen molar-refractivity contribution in [3.63, 3.8) is 0 Å². The Labute approximate surface area is 209 Å². The van der Waals surface area contributed by atoms with Crippen molar-refractivity contribution in [3.8, 4) is 17.1 Å². The Hall–Kier alpha value is -3.47. The third-order valence-corrected chi connectivity index (χ3v) is 8.33. The number of ether oxygens (including phenoxy) is 1. The summed E-state index contributed by atoms with van der Waals surface area (Å²) in [5.74, 6) is -0.0991. The number of aromatic amines is 1. The van der Waals surface area contributed by atoms with Crippen molar-refractivity contribution < 1.29 is 22.7 Å². The van der Waals surface area contributed by atoms with Crippen molar-refractivity contribution in [2.24, 2.45) is 0 Å². The second kappa shape index (κ2) is 9.53. The number of nitrogens with zero attached hydrogens (tertiary/aromatic N) is 3. The van der Waals surface area contributed by atoms with Crippen LogP contribution in [0.4, 0.5) is 10.1 Å². The van der Waals surface area contributed by atoms with Crippen LogP contribution in [-0.4, -0.2) is 61.1 Å². The van der Waals surface area contributed by atoms with Crippen LogP contribution in [0.1, 0.15) is 12.0 Å². The summed E-state index contributed by atoms with van der Waals surface area (Å²) in [7, 11) is -0.977. The predicted molar refractivity (Wildman–Crippen MR) is 136 cm³/mol. The number of sulfonamides is 1. The summed E-state index contributed by atoms with van der Waals surface area (Å²) < 4.78 is 49.1. The van der Waals surface area contributed by atoms with Crippen molar-refractivity contribution in [2.45, 2.75) is 24.0 Å². The Morgan fingerprint density at radius 3 is 2.75 bits per heavy atom. The Morgan fingerprint density at radius 1 is 1.22 bits per heavy atom. The lowest BCUT2D eigenvalue weighted by molar-refractivity contribution is 0.198. The van der Waals surface area contributed by atoms with Crippen LogP contribution in [0, 0.1) is 5.82 Å². The first-order chi connectivity index (χ1) is 17.3. The molecular formula is C26H27FN4O4S. The second-order valence-electron chi connectivity index (χ2n) is 8.86. The summed E-state index contributed by atoms with van der Waals surface area (Å²) in [6.45, 7) is 1.03. The van der Waals surface area contributed by atoms with Gasteiger partial charge in [0, 0.05) is 60.6 Å². The van der Waals surface area contributed by atoms with E-state index in [0.717, 1.165) is 0 Å². The Bertz CT molecular complexity index is 1520. The number of H-pyrrole nitrogens is 1. The zero-order valence-corrected chi connectivity index (χ0v) is 20.8. The molecule has 4 aromatic rings. The van der Waals surface area contributed by atoms with Gasteiger partial charge in [-0.15, -0.1) is 0 Å². The van der Waals surface area contributed by atoms with Crippen LogP contribution in [-0.2, 0) is 16.6 Å². The number of anilines is 1. The molecule has 2 aromatic heterocycles. The van der Waals surface area contributed by atoms with Crippen LogP contribution in [0.2, 0.25) is 0 Å². The quantitative estimate of drug-likeness (QED) is 0.393. The van der Waals surface area contributed by atoms with Gasteiger partial charge in [0.25, 0.3) is 0 Å². The molecule has 3 heterocycles. The number of fused-ring (bicyclic) bond motifs is 1. The number of β-amino-alcohol motifs (C(OH)–C–C–N with tert-alkyl or cyclic N) is 1. The van der Waals surface area contributed by atoms with Crippen LogP contribution < -0.4 is 9.64 Å². The van der Waals surface area contributed by atoms with Crippen LogP contribution in [0.3, 0.4) is 0 Å². The van der Waals surface area contributed by atoms with Gasteiger partial charge in [-0.1, -0.05) is 18.2 Å². The molecule has 2 aromatic carbocycles. The number of hydrogen-bond acceptors (Lipinski definition) is 6. The van der Waals surface area contributed by atoms with E-state index in [0.29, 0.717) is 53.1 Å². The van der Waals surface area contributed by atoms with E-state index in [-0.39, 0.29) is 17.1 Å². The Kier molecular flexibility index (Phi) is 6.42. The van der Waals surface area contributed by atoms with Gasteiger partial charge in [-0.3, -0.25) is 0 Å². The van der Waals surface area contributed by atoms with Crippen molar-refractivity contribution in [2.75, 3.05) is 32.1 Å². The van der Waals surface area contributed by atoms with E-state index < -0.39 is 21.9 Å². The average Bonchev–Trinajstić information content (AvgIpc) is 3.47. The molecule has 1 saturated heterocycles. The first kappa shape index (κ1) is 24.2. The fraction of sp³-hybridized carbons (Fsp3) is 0.269. The number of benzene rings is 2. The number of aromatic nitrogens is 2. The van der Waals surface area contributed by atoms with Crippen molar-refractivity contribution in [1.82, 2.24) is 14.3 Å². The van der Waals surface area contributed by atoms with E-state index in [4.69, 9.17) is 4.74 Å². The van der Waals surface area contributed by atoms with Gasteiger partial charge < -0.3 is 19.7 Å². The molecule has 10 heteroatoms. The molecule has 0 aliphatic carbocycles. The monoisotopic (exact) mass is 510 g/mol. The van der Waals surface area contributed by atoms with Gasteiger partial charge in [0.15, 0.2) is 5.82 Å². The number of nitrogens with one attached hydrogen (secondary N) is 1. The maximum atomic E-state index is 15.5. The first-order valence-electron chi connectivity index (χ1n) is 11.6. The molecule has 0 radical (unpaired) electrons. The summed E-state index contributed by atoms with van der Waals surface area (Å²) in [5, 5.41) is 10.5. The smallest absolute Gasteiger partial charge is 0.243 e. The fourth-order valence-electron chi connectivity index (χ4n) is 4.64. The highest BCUT2D eigenvalue weighted by atomic mass is 32.2. The molecule has 1 fully saturated rings. The van der Waals surface area contributed by atoms with Gasteiger partial charge in [0.2, 0.25) is 15.9 Å². The molecule has 0 unspecified atom stereocenters. The average molecular weight is 511 g/mol.